The van der Waals surface area contributed by atoms with Crippen molar-refractivity contribution in [3.8, 4) is 5.75 Å². The lowest BCUT2D eigenvalue weighted by Crippen LogP contribution is -2.20. The third kappa shape index (κ3) is 3.85. The number of hydrogen-bond donors (Lipinski definition) is 0. The van der Waals surface area contributed by atoms with Gasteiger partial charge in [0.25, 0.3) is 5.56 Å². The van der Waals surface area contributed by atoms with Crippen molar-refractivity contribution in [3.05, 3.63) is 68.7 Å². The fourth-order valence-electron chi connectivity index (χ4n) is 2.51. The molecule has 3 aromatic rings. The molecular weight excluding hydrogens is 394 g/mol. The van der Waals surface area contributed by atoms with Crippen LogP contribution in [0.5, 0.6) is 5.75 Å². The predicted molar refractivity (Wildman–Crippen MR) is 108 cm³/mol. The zero-order valence-corrected chi connectivity index (χ0v) is 16.5. The Hall–Kier alpha value is -2.47. The molecule has 0 saturated carbocycles. The molecule has 6 heteroatoms. The highest BCUT2D eigenvalue weighted by Crippen LogP contribution is 2.19. The van der Waals surface area contributed by atoms with E-state index >= 15 is 0 Å². The first-order chi connectivity index (χ1) is 12.5. The molecule has 0 aliphatic carbocycles. The van der Waals surface area contributed by atoms with Gasteiger partial charge < -0.3 is 4.74 Å². The average molecular weight is 414 g/mol. The summed E-state index contributed by atoms with van der Waals surface area (Å²) >= 11 is 3.39. The summed E-state index contributed by atoms with van der Waals surface area (Å²) in [5, 5.41) is 4.89. The molecule has 1 atom stereocenters. The van der Waals surface area contributed by atoms with Crippen molar-refractivity contribution >= 4 is 33.0 Å². The molecule has 0 aliphatic heterocycles. The van der Waals surface area contributed by atoms with Crippen LogP contribution in [-0.2, 0) is 0 Å². The number of para-hydroxylation sites is 1. The number of rotatable bonds is 5. The molecule has 0 spiro atoms. The monoisotopic (exact) mass is 413 g/mol. The summed E-state index contributed by atoms with van der Waals surface area (Å²) < 4.78 is 8.07. The van der Waals surface area contributed by atoms with Crippen molar-refractivity contribution in [2.45, 2.75) is 33.3 Å². The van der Waals surface area contributed by atoms with Crippen LogP contribution in [0.1, 0.15) is 31.7 Å². The van der Waals surface area contributed by atoms with E-state index in [4.69, 9.17) is 4.74 Å². The van der Waals surface area contributed by atoms with Gasteiger partial charge in [-0.3, -0.25) is 4.79 Å². The SMILES string of the molecule is CC[C@@H](C)Oc1ccccc1C=Nn1c(C)nc2ccc(Br)cc2c1=O. The molecule has 5 nitrogen and oxygen atoms in total. The molecule has 0 aliphatic rings. The standard InChI is InChI=1S/C20H20BrN3O2/c1-4-13(2)26-19-8-6-5-7-15(19)12-22-24-14(3)23-18-10-9-16(21)11-17(18)20(24)25/h5-13H,4H2,1-3H3/t13-/m1/s1. The molecule has 0 fully saturated rings. The Balaban J connectivity index is 2.03. The number of ether oxygens (including phenoxy) is 1. The highest BCUT2D eigenvalue weighted by Gasteiger charge is 2.09. The van der Waals surface area contributed by atoms with Gasteiger partial charge in [0.15, 0.2) is 0 Å². The number of benzene rings is 2. The predicted octanol–water partition coefficient (Wildman–Crippen LogP) is 4.53. The third-order valence-corrected chi connectivity index (χ3v) is 4.60. The van der Waals surface area contributed by atoms with Crippen molar-refractivity contribution in [1.82, 2.24) is 9.66 Å². The molecule has 26 heavy (non-hydrogen) atoms. The van der Waals surface area contributed by atoms with E-state index in [1.807, 2.05) is 43.3 Å². The Labute approximate surface area is 160 Å². The molecule has 134 valence electrons. The van der Waals surface area contributed by atoms with Gasteiger partial charge in [-0.1, -0.05) is 35.0 Å². The maximum atomic E-state index is 12.8. The van der Waals surface area contributed by atoms with Gasteiger partial charge in [0, 0.05) is 10.0 Å². The molecule has 0 saturated heterocycles. The maximum absolute atomic E-state index is 12.8. The van der Waals surface area contributed by atoms with E-state index in [-0.39, 0.29) is 11.7 Å². The third-order valence-electron chi connectivity index (χ3n) is 4.10. The van der Waals surface area contributed by atoms with Crippen molar-refractivity contribution in [2.24, 2.45) is 5.10 Å². The minimum absolute atomic E-state index is 0.105. The molecule has 2 aromatic carbocycles. The number of halogens is 1. The topological polar surface area (TPSA) is 56.5 Å². The zero-order valence-electron chi connectivity index (χ0n) is 14.9. The van der Waals surface area contributed by atoms with E-state index in [1.54, 1.807) is 19.2 Å². The highest BCUT2D eigenvalue weighted by atomic mass is 79.9. The largest absolute Gasteiger partial charge is 0.490 e. The van der Waals surface area contributed by atoms with Gasteiger partial charge in [0.2, 0.25) is 0 Å². The average Bonchev–Trinajstić information content (AvgIpc) is 2.63. The number of aromatic nitrogens is 2. The van der Waals surface area contributed by atoms with Crippen LogP contribution in [0.4, 0.5) is 0 Å². The molecule has 1 heterocycles. The lowest BCUT2D eigenvalue weighted by molar-refractivity contribution is 0.217. The van der Waals surface area contributed by atoms with E-state index in [0.29, 0.717) is 16.7 Å². The van der Waals surface area contributed by atoms with Gasteiger partial charge in [-0.15, -0.1) is 0 Å². The van der Waals surface area contributed by atoms with Gasteiger partial charge in [0.1, 0.15) is 11.6 Å². The van der Waals surface area contributed by atoms with Crippen LogP contribution in [0.15, 0.2) is 56.8 Å². The Bertz CT molecular complexity index is 1030. The van der Waals surface area contributed by atoms with E-state index in [1.165, 1.54) is 4.68 Å². The second kappa shape index (κ2) is 7.83. The Morgan fingerprint density at radius 2 is 2.08 bits per heavy atom. The number of fused-ring (bicyclic) bond motifs is 1. The molecule has 1 aromatic heterocycles. The van der Waals surface area contributed by atoms with Crippen LogP contribution >= 0.6 is 15.9 Å². The van der Waals surface area contributed by atoms with Crippen LogP contribution in [0.3, 0.4) is 0 Å². The summed E-state index contributed by atoms with van der Waals surface area (Å²) in [5.41, 5.74) is 1.27. The van der Waals surface area contributed by atoms with Gasteiger partial charge in [0.05, 0.1) is 23.2 Å². The van der Waals surface area contributed by atoms with Crippen LogP contribution in [0.2, 0.25) is 0 Å². The number of hydrogen-bond acceptors (Lipinski definition) is 4. The highest BCUT2D eigenvalue weighted by molar-refractivity contribution is 9.10. The van der Waals surface area contributed by atoms with Crippen molar-refractivity contribution < 1.29 is 4.74 Å². The van der Waals surface area contributed by atoms with E-state index in [2.05, 4.69) is 32.9 Å². The summed E-state index contributed by atoms with van der Waals surface area (Å²) in [5.74, 6) is 1.27. The second-order valence-corrected chi connectivity index (χ2v) is 6.97. The van der Waals surface area contributed by atoms with Crippen molar-refractivity contribution in [2.75, 3.05) is 0 Å². The van der Waals surface area contributed by atoms with Crippen molar-refractivity contribution in [1.29, 1.82) is 0 Å². The number of nitrogens with zero attached hydrogens (tertiary/aromatic N) is 3. The Morgan fingerprint density at radius 3 is 2.85 bits per heavy atom. The molecular formula is C20H20BrN3O2. The number of aryl methyl sites for hydroxylation is 1. The molecule has 3 rings (SSSR count). The summed E-state index contributed by atoms with van der Waals surface area (Å²) in [6.45, 7) is 5.86. The summed E-state index contributed by atoms with van der Waals surface area (Å²) in [4.78, 5) is 17.3. The second-order valence-electron chi connectivity index (χ2n) is 6.06. The van der Waals surface area contributed by atoms with Gasteiger partial charge in [-0.05, 0) is 50.6 Å². The molecule has 0 bridgehead atoms. The normalized spacial score (nSPS) is 12.6. The van der Waals surface area contributed by atoms with Gasteiger partial charge in [-0.25, -0.2) is 4.98 Å². The van der Waals surface area contributed by atoms with Crippen LogP contribution in [-0.4, -0.2) is 22.0 Å². The maximum Gasteiger partial charge on any atom is 0.282 e. The fraction of sp³-hybridized carbons (Fsp3) is 0.250. The Kier molecular flexibility index (Phi) is 5.52. The fourth-order valence-corrected chi connectivity index (χ4v) is 2.87. The molecule has 0 N–H and O–H groups in total. The lowest BCUT2D eigenvalue weighted by atomic mass is 10.2. The van der Waals surface area contributed by atoms with E-state index < -0.39 is 0 Å². The summed E-state index contributed by atoms with van der Waals surface area (Å²) in [6.07, 6.45) is 2.65. The van der Waals surface area contributed by atoms with E-state index in [9.17, 15) is 4.79 Å². The van der Waals surface area contributed by atoms with Gasteiger partial charge in [-0.2, -0.15) is 9.78 Å². The van der Waals surface area contributed by atoms with Gasteiger partial charge >= 0.3 is 0 Å². The first kappa shape index (κ1) is 18.3. The lowest BCUT2D eigenvalue weighted by Gasteiger charge is -2.14. The smallest absolute Gasteiger partial charge is 0.282 e. The van der Waals surface area contributed by atoms with Crippen LogP contribution in [0, 0.1) is 6.92 Å². The van der Waals surface area contributed by atoms with Crippen LogP contribution in [0.25, 0.3) is 10.9 Å². The molecule has 0 radical (unpaired) electrons. The first-order valence-electron chi connectivity index (χ1n) is 8.48. The summed E-state index contributed by atoms with van der Waals surface area (Å²) in [7, 11) is 0. The minimum atomic E-state index is -0.203. The van der Waals surface area contributed by atoms with Crippen LogP contribution < -0.4 is 10.3 Å². The Morgan fingerprint density at radius 1 is 1.31 bits per heavy atom. The first-order valence-corrected chi connectivity index (χ1v) is 9.28. The minimum Gasteiger partial charge on any atom is -0.490 e. The quantitative estimate of drug-likeness (QED) is 0.577. The van der Waals surface area contributed by atoms with E-state index in [0.717, 1.165) is 22.2 Å². The molecule has 0 unspecified atom stereocenters. The summed E-state index contributed by atoms with van der Waals surface area (Å²) in [6, 6.07) is 13.1. The molecule has 0 amide bonds. The zero-order chi connectivity index (χ0) is 18.7. The van der Waals surface area contributed by atoms with Crippen molar-refractivity contribution in [3.63, 3.8) is 0 Å².